The van der Waals surface area contributed by atoms with Gasteiger partial charge in [-0.25, -0.2) is 0 Å². The molecule has 7 heavy (non-hydrogen) atoms. The van der Waals surface area contributed by atoms with Gasteiger partial charge in [0.25, 0.3) is 0 Å². The van der Waals surface area contributed by atoms with Crippen LogP contribution >= 0.6 is 15.9 Å². The lowest BCUT2D eigenvalue weighted by molar-refractivity contribution is 0.740. The molecule has 0 fully saturated rings. The van der Waals surface area contributed by atoms with Crippen molar-refractivity contribution in [2.24, 2.45) is 0 Å². The van der Waals surface area contributed by atoms with Crippen molar-refractivity contribution in [1.29, 1.82) is 0 Å². The summed E-state index contributed by atoms with van der Waals surface area (Å²) in [7, 11) is 1.27. The van der Waals surface area contributed by atoms with E-state index in [2.05, 4.69) is 29.8 Å². The van der Waals surface area contributed by atoms with Gasteiger partial charge < -0.3 is 0 Å². The van der Waals surface area contributed by atoms with E-state index >= 15 is 0 Å². The first-order chi connectivity index (χ1) is 3.12. The smallest absolute Gasteiger partial charge is 0.0240 e. The molecule has 0 aliphatic heterocycles. The second kappa shape index (κ2) is 2.87. The zero-order valence-corrected chi connectivity index (χ0v) is 8.88. The van der Waals surface area contributed by atoms with Crippen molar-refractivity contribution in [3.63, 3.8) is 0 Å². The van der Waals surface area contributed by atoms with Gasteiger partial charge in [-0.05, 0) is 12.8 Å². The van der Waals surface area contributed by atoms with Crippen LogP contribution in [0.1, 0.15) is 26.7 Å². The van der Waals surface area contributed by atoms with Gasteiger partial charge in [0.05, 0.1) is 0 Å². The molecule has 0 radical (unpaired) electrons. The van der Waals surface area contributed by atoms with Crippen LogP contribution in [0.5, 0.6) is 0 Å². The lowest BCUT2D eigenvalue weighted by Crippen LogP contribution is -2.16. The molecule has 0 saturated carbocycles. The van der Waals surface area contributed by atoms with Crippen LogP contribution in [0.2, 0.25) is 0 Å². The molecule has 2 heteroatoms. The van der Waals surface area contributed by atoms with E-state index in [1.54, 1.807) is 0 Å². The molecule has 0 rings (SSSR count). The van der Waals surface area contributed by atoms with Crippen LogP contribution in [-0.2, 0) is 0 Å². The molecular weight excluding hydrogens is 168 g/mol. The zero-order chi connectivity index (χ0) is 5.91. The first-order valence-corrected chi connectivity index (χ1v) is 4.60. The minimum Gasteiger partial charge on any atom is -0.0900 e. The molecule has 0 aliphatic carbocycles. The number of hydrogen-bond acceptors (Lipinski definition) is 0. The lowest BCUT2D eigenvalue weighted by Gasteiger charge is -2.16. The van der Waals surface area contributed by atoms with E-state index in [1.165, 1.54) is 23.1 Å². The van der Waals surface area contributed by atoms with E-state index in [-0.39, 0.29) is 0 Å². The Morgan fingerprint density at radius 2 is 1.71 bits per heavy atom. The fourth-order valence-electron chi connectivity index (χ4n) is 0.250. The molecule has 0 heterocycles. The Balaban J connectivity index is 3.36. The van der Waals surface area contributed by atoms with Crippen molar-refractivity contribution in [2.75, 3.05) is 0 Å². The Labute approximate surface area is 57.2 Å². The molecule has 44 valence electrons. The molecule has 0 atom stereocenters. The van der Waals surface area contributed by atoms with Crippen molar-refractivity contribution in [1.82, 2.24) is 0 Å². The van der Waals surface area contributed by atoms with Gasteiger partial charge in [0.15, 0.2) is 0 Å². The predicted octanol–water partition coefficient (Wildman–Crippen LogP) is 1.26. The number of rotatable bonds is 2. The second-order valence-electron chi connectivity index (χ2n) is 2.12. The third kappa shape index (κ3) is 3.29. The molecule has 0 aromatic heterocycles. The molecule has 0 aliphatic rings. The molecule has 0 nitrogen and oxygen atoms in total. The van der Waals surface area contributed by atoms with E-state index in [9.17, 15) is 0 Å². The van der Waals surface area contributed by atoms with E-state index in [0.717, 1.165) is 0 Å². The maximum absolute atomic E-state index is 3.64. The zero-order valence-electron chi connectivity index (χ0n) is 5.29. The summed E-state index contributed by atoms with van der Waals surface area (Å²) in [4.78, 5) is 0. The predicted molar refractivity (Wildman–Crippen MR) is 42.2 cm³/mol. The molecule has 0 aromatic carbocycles. The first-order valence-electron chi connectivity index (χ1n) is 2.81. The highest BCUT2D eigenvalue weighted by molar-refractivity contribution is 9.10. The maximum atomic E-state index is 3.64. The van der Waals surface area contributed by atoms with Crippen LogP contribution < -0.4 is 0 Å². The Morgan fingerprint density at radius 1 is 1.43 bits per heavy atom. The number of halogens is 1. The molecule has 0 unspecified atom stereocenters. The average molecular weight is 181 g/mol. The minimum absolute atomic E-state index is 0.535. The third-order valence-electron chi connectivity index (χ3n) is 1.47. The summed E-state index contributed by atoms with van der Waals surface area (Å²) in [5.41, 5.74) is 0. The van der Waals surface area contributed by atoms with Gasteiger partial charge in [0.1, 0.15) is 0 Å². The summed E-state index contributed by atoms with van der Waals surface area (Å²) < 4.78 is 0.535. The summed E-state index contributed by atoms with van der Waals surface area (Å²) in [5, 5.41) is 0. The largest absolute Gasteiger partial charge is 0.0900 e. The van der Waals surface area contributed by atoms with E-state index in [1.807, 2.05) is 0 Å². The van der Waals surface area contributed by atoms with Crippen molar-refractivity contribution >= 4 is 26.2 Å². The molecule has 0 bridgehead atoms. The van der Waals surface area contributed by atoms with Gasteiger partial charge in [-0.1, -0.05) is 29.8 Å². The summed E-state index contributed by atoms with van der Waals surface area (Å²) in [6, 6.07) is 0. The maximum Gasteiger partial charge on any atom is 0.0240 e. The second-order valence-corrected chi connectivity index (χ2v) is 7.41. The fraction of sp³-hybridized carbons (Fsp3) is 1.00. The summed E-state index contributed by atoms with van der Waals surface area (Å²) >= 11 is 3.64. The highest BCUT2D eigenvalue weighted by Crippen LogP contribution is 2.20. The fourth-order valence-corrected chi connectivity index (χ4v) is 0.250. The standard InChI is InChI=1S/C5H13BrSi/c1-3-5(6,7)4-2/h3-4H2,1-2,7H3. The summed E-state index contributed by atoms with van der Waals surface area (Å²) in [6.07, 6.45) is 2.55. The highest BCUT2D eigenvalue weighted by Gasteiger charge is 2.12. The highest BCUT2D eigenvalue weighted by atomic mass is 79.9. The number of alkyl halides is 1. The van der Waals surface area contributed by atoms with Crippen molar-refractivity contribution in [3.8, 4) is 0 Å². The van der Waals surface area contributed by atoms with Gasteiger partial charge in [0.2, 0.25) is 0 Å². The van der Waals surface area contributed by atoms with Gasteiger partial charge in [-0.15, -0.1) is 0 Å². The topological polar surface area (TPSA) is 0 Å². The normalized spacial score (nSPS) is 12.4. The first kappa shape index (κ1) is 7.70. The Hall–Kier alpha value is 0.697. The van der Waals surface area contributed by atoms with Crippen molar-refractivity contribution < 1.29 is 0 Å². The Kier molecular flexibility index (Phi) is 3.16. The summed E-state index contributed by atoms with van der Waals surface area (Å²) in [6.45, 7) is 4.45. The van der Waals surface area contributed by atoms with E-state index < -0.39 is 0 Å². The molecule has 0 aromatic rings. The molecule has 0 saturated heterocycles. The van der Waals surface area contributed by atoms with Crippen LogP contribution in [0.3, 0.4) is 0 Å². The summed E-state index contributed by atoms with van der Waals surface area (Å²) in [5.74, 6) is 0. The van der Waals surface area contributed by atoms with Gasteiger partial charge in [0, 0.05) is 14.2 Å². The van der Waals surface area contributed by atoms with Crippen LogP contribution in [0.4, 0.5) is 0 Å². The van der Waals surface area contributed by atoms with Crippen LogP contribution in [0, 0.1) is 0 Å². The third-order valence-corrected chi connectivity index (χ3v) is 4.01. The van der Waals surface area contributed by atoms with Crippen molar-refractivity contribution in [3.05, 3.63) is 0 Å². The number of hydrogen-bond donors (Lipinski definition) is 0. The Bertz CT molecular complexity index is 46.0. The van der Waals surface area contributed by atoms with E-state index in [0.29, 0.717) is 3.95 Å². The quantitative estimate of drug-likeness (QED) is 0.444. The molecule has 0 N–H and O–H groups in total. The minimum atomic E-state index is 0.535. The molecule has 0 amide bonds. The Morgan fingerprint density at radius 3 is 1.71 bits per heavy atom. The van der Waals surface area contributed by atoms with Gasteiger partial charge in [-0.3, -0.25) is 0 Å². The van der Waals surface area contributed by atoms with E-state index in [4.69, 9.17) is 0 Å². The SMILES string of the molecule is CCC([SiH3])(Br)CC. The molecular formula is C5H13BrSi. The average Bonchev–Trinajstić information content (AvgIpc) is 1.68. The van der Waals surface area contributed by atoms with Crippen molar-refractivity contribution in [2.45, 2.75) is 30.6 Å². The molecule has 0 spiro atoms. The lowest BCUT2D eigenvalue weighted by atomic mass is 10.3. The van der Waals surface area contributed by atoms with Crippen LogP contribution in [0.25, 0.3) is 0 Å². The van der Waals surface area contributed by atoms with Crippen LogP contribution in [-0.4, -0.2) is 14.2 Å². The monoisotopic (exact) mass is 180 g/mol. The van der Waals surface area contributed by atoms with Crippen LogP contribution in [0.15, 0.2) is 0 Å². The van der Waals surface area contributed by atoms with Gasteiger partial charge >= 0.3 is 0 Å². The van der Waals surface area contributed by atoms with Gasteiger partial charge in [-0.2, -0.15) is 0 Å².